The molecule has 0 bridgehead atoms. The van der Waals surface area contributed by atoms with Gasteiger partial charge in [-0.15, -0.1) is 0 Å². The van der Waals surface area contributed by atoms with Crippen molar-refractivity contribution >= 4 is 5.78 Å². The number of nitrogens with two attached hydrogens (primary N) is 1. The number of ketones is 1. The molecule has 98 valence electrons. The van der Waals surface area contributed by atoms with Crippen LogP contribution in [-0.2, 0) is 4.74 Å². The number of Topliss-reactive ketones (excluding diaryl/α,β-unsaturated/α-hetero) is 1. The van der Waals surface area contributed by atoms with E-state index in [1.54, 1.807) is 6.07 Å². The number of carbonyl (C=O) groups is 1. The SMILES string of the molecule is COc1ccc(C(=O)C2(N)CCOCC2)c(F)c1. The summed E-state index contributed by atoms with van der Waals surface area (Å²) in [6.07, 6.45) is 0.828. The second-order valence-corrected chi connectivity index (χ2v) is 4.44. The number of methoxy groups -OCH3 is 1. The summed E-state index contributed by atoms with van der Waals surface area (Å²) in [5.74, 6) is -0.594. The van der Waals surface area contributed by atoms with Crippen molar-refractivity contribution in [2.45, 2.75) is 18.4 Å². The molecule has 1 saturated heterocycles. The van der Waals surface area contributed by atoms with Crippen LogP contribution < -0.4 is 10.5 Å². The number of hydrogen-bond donors (Lipinski definition) is 1. The highest BCUT2D eigenvalue weighted by atomic mass is 19.1. The molecular weight excluding hydrogens is 237 g/mol. The molecule has 1 aliphatic rings. The van der Waals surface area contributed by atoms with E-state index < -0.39 is 11.4 Å². The first-order valence-electron chi connectivity index (χ1n) is 5.82. The summed E-state index contributed by atoms with van der Waals surface area (Å²) in [5, 5.41) is 0. The van der Waals surface area contributed by atoms with Crippen LogP contribution in [0.15, 0.2) is 18.2 Å². The van der Waals surface area contributed by atoms with Crippen molar-refractivity contribution < 1.29 is 18.7 Å². The highest BCUT2D eigenvalue weighted by Gasteiger charge is 2.37. The Balaban J connectivity index is 2.28. The van der Waals surface area contributed by atoms with Gasteiger partial charge in [-0.2, -0.15) is 0 Å². The van der Waals surface area contributed by atoms with Gasteiger partial charge < -0.3 is 15.2 Å². The monoisotopic (exact) mass is 253 g/mol. The van der Waals surface area contributed by atoms with Gasteiger partial charge in [0.25, 0.3) is 0 Å². The fourth-order valence-corrected chi connectivity index (χ4v) is 2.04. The summed E-state index contributed by atoms with van der Waals surface area (Å²) in [6.45, 7) is 0.861. The largest absolute Gasteiger partial charge is 0.497 e. The zero-order valence-corrected chi connectivity index (χ0v) is 10.2. The second kappa shape index (κ2) is 5.04. The topological polar surface area (TPSA) is 61.5 Å². The highest BCUT2D eigenvalue weighted by molar-refractivity contribution is 6.03. The molecule has 0 radical (unpaired) electrons. The van der Waals surface area contributed by atoms with Crippen molar-refractivity contribution in [2.24, 2.45) is 5.73 Å². The Hall–Kier alpha value is -1.46. The average Bonchev–Trinajstić information content (AvgIpc) is 2.38. The van der Waals surface area contributed by atoms with Crippen LogP contribution in [0.3, 0.4) is 0 Å². The molecule has 1 aliphatic heterocycles. The molecule has 0 aliphatic carbocycles. The zero-order chi connectivity index (χ0) is 13.2. The van der Waals surface area contributed by atoms with E-state index in [1.807, 2.05) is 0 Å². The van der Waals surface area contributed by atoms with Crippen LogP contribution in [-0.4, -0.2) is 31.6 Å². The fraction of sp³-hybridized carbons (Fsp3) is 0.462. The van der Waals surface area contributed by atoms with Gasteiger partial charge in [-0.3, -0.25) is 4.79 Å². The molecule has 0 spiro atoms. The first-order valence-corrected chi connectivity index (χ1v) is 5.82. The van der Waals surface area contributed by atoms with Crippen LogP contribution in [0.4, 0.5) is 4.39 Å². The molecule has 0 unspecified atom stereocenters. The minimum Gasteiger partial charge on any atom is -0.497 e. The molecule has 0 saturated carbocycles. The standard InChI is InChI=1S/C13H16FNO3/c1-17-9-2-3-10(11(14)8-9)12(16)13(15)4-6-18-7-5-13/h2-3,8H,4-7,15H2,1H3. The van der Waals surface area contributed by atoms with Gasteiger partial charge in [0.15, 0.2) is 5.78 Å². The minimum atomic E-state index is -1.02. The van der Waals surface area contributed by atoms with Crippen LogP contribution in [0.5, 0.6) is 5.75 Å². The van der Waals surface area contributed by atoms with Crippen molar-refractivity contribution in [2.75, 3.05) is 20.3 Å². The van der Waals surface area contributed by atoms with Crippen molar-refractivity contribution in [1.29, 1.82) is 0 Å². The molecule has 4 nitrogen and oxygen atoms in total. The van der Waals surface area contributed by atoms with E-state index in [1.165, 1.54) is 19.2 Å². The van der Waals surface area contributed by atoms with E-state index in [9.17, 15) is 9.18 Å². The maximum absolute atomic E-state index is 13.8. The zero-order valence-electron chi connectivity index (χ0n) is 10.2. The lowest BCUT2D eigenvalue weighted by atomic mass is 9.83. The Morgan fingerprint density at radius 3 is 2.67 bits per heavy atom. The Bertz CT molecular complexity index is 456. The number of ether oxygens (including phenoxy) is 2. The summed E-state index contributed by atoms with van der Waals surface area (Å²) >= 11 is 0. The van der Waals surface area contributed by atoms with E-state index in [-0.39, 0.29) is 11.3 Å². The molecule has 2 rings (SSSR count). The van der Waals surface area contributed by atoms with Crippen molar-refractivity contribution in [3.05, 3.63) is 29.6 Å². The van der Waals surface area contributed by atoms with E-state index in [2.05, 4.69) is 0 Å². The molecule has 18 heavy (non-hydrogen) atoms. The van der Waals surface area contributed by atoms with E-state index in [0.717, 1.165) is 0 Å². The number of hydrogen-bond acceptors (Lipinski definition) is 4. The van der Waals surface area contributed by atoms with E-state index in [4.69, 9.17) is 15.2 Å². The quantitative estimate of drug-likeness (QED) is 0.830. The molecule has 0 aromatic heterocycles. The lowest BCUT2D eigenvalue weighted by molar-refractivity contribution is 0.0445. The minimum absolute atomic E-state index is 0.0141. The summed E-state index contributed by atoms with van der Waals surface area (Å²) in [6, 6.07) is 4.16. The maximum atomic E-state index is 13.8. The van der Waals surface area contributed by atoms with E-state index >= 15 is 0 Å². The second-order valence-electron chi connectivity index (χ2n) is 4.44. The Morgan fingerprint density at radius 1 is 1.44 bits per heavy atom. The number of halogens is 1. The van der Waals surface area contributed by atoms with Crippen LogP contribution in [0.25, 0.3) is 0 Å². The molecule has 0 atom stereocenters. The molecule has 1 fully saturated rings. The lowest BCUT2D eigenvalue weighted by Gasteiger charge is -2.31. The Kier molecular flexibility index (Phi) is 3.63. The Morgan fingerprint density at radius 2 is 2.11 bits per heavy atom. The third-order valence-electron chi connectivity index (χ3n) is 3.26. The molecule has 1 heterocycles. The van der Waals surface area contributed by atoms with Gasteiger partial charge in [0.05, 0.1) is 18.2 Å². The smallest absolute Gasteiger partial charge is 0.185 e. The number of carbonyl (C=O) groups excluding carboxylic acids is 1. The highest BCUT2D eigenvalue weighted by Crippen LogP contribution is 2.25. The molecule has 2 N–H and O–H groups in total. The van der Waals surface area contributed by atoms with Crippen LogP contribution in [0.2, 0.25) is 0 Å². The summed E-state index contributed by atoms with van der Waals surface area (Å²) in [4.78, 5) is 12.3. The summed E-state index contributed by atoms with van der Waals surface area (Å²) < 4.78 is 23.9. The van der Waals surface area contributed by atoms with Crippen LogP contribution in [0.1, 0.15) is 23.2 Å². The van der Waals surface area contributed by atoms with E-state index in [0.29, 0.717) is 31.8 Å². The number of rotatable bonds is 3. The normalized spacial score (nSPS) is 18.4. The van der Waals surface area contributed by atoms with Gasteiger partial charge in [-0.1, -0.05) is 0 Å². The molecule has 1 aromatic rings. The van der Waals surface area contributed by atoms with Gasteiger partial charge in [0.2, 0.25) is 0 Å². The van der Waals surface area contributed by atoms with Gasteiger partial charge in [-0.05, 0) is 25.0 Å². The van der Waals surface area contributed by atoms with Crippen LogP contribution in [0, 0.1) is 5.82 Å². The fourth-order valence-electron chi connectivity index (χ4n) is 2.04. The first-order chi connectivity index (χ1) is 8.57. The molecule has 0 amide bonds. The average molecular weight is 253 g/mol. The van der Waals surface area contributed by atoms with Crippen LogP contribution >= 0.6 is 0 Å². The lowest BCUT2D eigenvalue weighted by Crippen LogP contribution is -2.52. The van der Waals surface area contributed by atoms with Gasteiger partial charge in [0, 0.05) is 19.3 Å². The maximum Gasteiger partial charge on any atom is 0.185 e. The molecule has 5 heteroatoms. The van der Waals surface area contributed by atoms with Gasteiger partial charge >= 0.3 is 0 Å². The van der Waals surface area contributed by atoms with Crippen molar-refractivity contribution in [1.82, 2.24) is 0 Å². The first kappa shape index (κ1) is 13.0. The summed E-state index contributed by atoms with van der Waals surface area (Å²) in [5.41, 5.74) is 5.04. The Labute approximate surface area is 105 Å². The van der Waals surface area contributed by atoms with Crippen molar-refractivity contribution in [3.63, 3.8) is 0 Å². The third-order valence-corrected chi connectivity index (χ3v) is 3.26. The molecule has 1 aromatic carbocycles. The van der Waals surface area contributed by atoms with Gasteiger partial charge in [0.1, 0.15) is 11.6 Å². The molecular formula is C13H16FNO3. The summed E-state index contributed by atoms with van der Waals surface area (Å²) in [7, 11) is 1.44. The predicted molar refractivity (Wildman–Crippen MR) is 64.3 cm³/mol. The number of benzene rings is 1. The van der Waals surface area contributed by atoms with Gasteiger partial charge in [-0.25, -0.2) is 4.39 Å². The predicted octanol–water partition coefficient (Wildman–Crippen LogP) is 1.52. The van der Waals surface area contributed by atoms with Crippen molar-refractivity contribution in [3.8, 4) is 5.75 Å². The third kappa shape index (κ3) is 2.37.